The van der Waals surface area contributed by atoms with Crippen LogP contribution in [-0.2, 0) is 11.3 Å². The molecule has 0 spiro atoms. The van der Waals surface area contributed by atoms with Gasteiger partial charge in [0, 0.05) is 36.1 Å². The summed E-state index contributed by atoms with van der Waals surface area (Å²) in [6.07, 6.45) is 7.56. The van der Waals surface area contributed by atoms with E-state index in [4.69, 9.17) is 0 Å². The molecule has 0 saturated heterocycles. The van der Waals surface area contributed by atoms with E-state index in [1.807, 2.05) is 0 Å². The summed E-state index contributed by atoms with van der Waals surface area (Å²) in [7, 11) is 0. The summed E-state index contributed by atoms with van der Waals surface area (Å²) in [6.45, 7) is 6.45. The molecule has 1 amide bonds. The van der Waals surface area contributed by atoms with Gasteiger partial charge in [-0.25, -0.2) is 4.98 Å². The number of aryl methyl sites for hydroxylation is 1. The largest absolute Gasteiger partial charge is 0.337 e. The second-order valence-corrected chi connectivity index (χ2v) is 8.27. The average Bonchev–Trinajstić information content (AvgIpc) is 2.59. The quantitative estimate of drug-likeness (QED) is 0.788. The van der Waals surface area contributed by atoms with Crippen LogP contribution in [-0.4, -0.2) is 38.2 Å². The molecule has 1 aliphatic heterocycles. The molecule has 2 aliphatic rings. The second kappa shape index (κ2) is 7.30. The van der Waals surface area contributed by atoms with E-state index in [0.717, 1.165) is 18.0 Å². The lowest BCUT2D eigenvalue weighted by Gasteiger charge is -2.40. The van der Waals surface area contributed by atoms with E-state index in [2.05, 4.69) is 23.7 Å². The van der Waals surface area contributed by atoms with Gasteiger partial charge in [0.25, 0.3) is 5.56 Å². The predicted molar refractivity (Wildman–Crippen MR) is 96.3 cm³/mol. The summed E-state index contributed by atoms with van der Waals surface area (Å²) in [5.41, 5.74) is 0.624. The molecule has 24 heavy (non-hydrogen) atoms. The van der Waals surface area contributed by atoms with Crippen molar-refractivity contribution >= 4 is 17.7 Å². The first-order chi connectivity index (χ1) is 11.5. The number of fused-ring (bicyclic) bond motifs is 1. The van der Waals surface area contributed by atoms with Crippen LogP contribution >= 0.6 is 11.8 Å². The van der Waals surface area contributed by atoms with Gasteiger partial charge in [-0.1, -0.05) is 31.0 Å². The molecule has 1 aromatic rings. The summed E-state index contributed by atoms with van der Waals surface area (Å²) in [5.74, 6) is 0.793. The molecule has 2 heterocycles. The third-order valence-electron chi connectivity index (χ3n) is 5.13. The number of aromatic nitrogens is 2. The predicted octanol–water partition coefficient (Wildman–Crippen LogP) is 2.84. The highest BCUT2D eigenvalue weighted by Crippen LogP contribution is 2.30. The molecule has 0 radical (unpaired) electrons. The maximum atomic E-state index is 13.2. The van der Waals surface area contributed by atoms with Crippen LogP contribution in [0.1, 0.15) is 51.5 Å². The Morgan fingerprint density at radius 2 is 2.04 bits per heavy atom. The standard InChI is InChI=1S/C18H27N3O2S/c1-12(2)21(15-7-5-4-6-8-15)17(23)14-10-20-16(22)13(3)9-19-18(20)24-11-14/h9,12,14-15H,4-8,10-11H2,1-3H3. The molecule has 1 atom stereocenters. The minimum Gasteiger partial charge on any atom is -0.337 e. The van der Waals surface area contributed by atoms with Gasteiger partial charge in [0.05, 0.1) is 5.92 Å². The molecular weight excluding hydrogens is 322 g/mol. The monoisotopic (exact) mass is 349 g/mol. The van der Waals surface area contributed by atoms with Gasteiger partial charge in [-0.15, -0.1) is 0 Å². The van der Waals surface area contributed by atoms with Crippen LogP contribution in [0, 0.1) is 12.8 Å². The van der Waals surface area contributed by atoms with Gasteiger partial charge in [0.1, 0.15) is 0 Å². The fourth-order valence-corrected chi connectivity index (χ4v) is 4.92. The zero-order valence-corrected chi connectivity index (χ0v) is 15.6. The van der Waals surface area contributed by atoms with Crippen LogP contribution in [0.3, 0.4) is 0 Å². The number of thioether (sulfide) groups is 1. The number of carbonyl (C=O) groups is 1. The lowest BCUT2D eigenvalue weighted by molar-refractivity contribution is -0.140. The number of carbonyl (C=O) groups excluding carboxylic acids is 1. The minimum atomic E-state index is -0.131. The molecule has 0 aromatic carbocycles. The Labute approximate surface area is 147 Å². The highest BCUT2D eigenvalue weighted by Gasteiger charge is 2.35. The van der Waals surface area contributed by atoms with E-state index >= 15 is 0 Å². The van der Waals surface area contributed by atoms with Gasteiger partial charge in [0.15, 0.2) is 5.16 Å². The first-order valence-electron chi connectivity index (χ1n) is 9.00. The van der Waals surface area contributed by atoms with Crippen molar-refractivity contribution in [3.05, 3.63) is 22.1 Å². The molecule has 1 fully saturated rings. The average molecular weight is 350 g/mol. The van der Waals surface area contributed by atoms with E-state index in [9.17, 15) is 9.59 Å². The maximum absolute atomic E-state index is 13.2. The Hall–Kier alpha value is -1.30. The highest BCUT2D eigenvalue weighted by atomic mass is 32.2. The summed E-state index contributed by atoms with van der Waals surface area (Å²) < 4.78 is 1.69. The zero-order valence-electron chi connectivity index (χ0n) is 14.8. The van der Waals surface area contributed by atoms with Gasteiger partial charge in [-0.05, 0) is 33.6 Å². The first-order valence-corrected chi connectivity index (χ1v) is 9.99. The van der Waals surface area contributed by atoms with Gasteiger partial charge < -0.3 is 4.90 Å². The molecule has 1 saturated carbocycles. The lowest BCUT2D eigenvalue weighted by atomic mass is 9.92. The van der Waals surface area contributed by atoms with Crippen molar-refractivity contribution in [3.8, 4) is 0 Å². The molecule has 5 nitrogen and oxygen atoms in total. The zero-order chi connectivity index (χ0) is 17.3. The van der Waals surface area contributed by atoms with E-state index < -0.39 is 0 Å². The Kier molecular flexibility index (Phi) is 5.33. The van der Waals surface area contributed by atoms with E-state index in [1.54, 1.807) is 17.7 Å². The molecule has 0 N–H and O–H groups in total. The van der Waals surface area contributed by atoms with Crippen LogP contribution in [0.2, 0.25) is 0 Å². The highest BCUT2D eigenvalue weighted by molar-refractivity contribution is 7.99. The summed E-state index contributed by atoms with van der Waals surface area (Å²) in [5, 5.41) is 0.739. The Balaban J connectivity index is 1.81. The first kappa shape index (κ1) is 17.5. The normalized spacial score (nSPS) is 21.6. The Morgan fingerprint density at radius 3 is 2.71 bits per heavy atom. The number of hydrogen-bond acceptors (Lipinski definition) is 4. The van der Waals surface area contributed by atoms with Crippen molar-refractivity contribution in [2.45, 2.75) is 76.7 Å². The van der Waals surface area contributed by atoms with Crippen LogP contribution < -0.4 is 5.56 Å². The third kappa shape index (κ3) is 3.39. The van der Waals surface area contributed by atoms with E-state index in [0.29, 0.717) is 23.9 Å². The van der Waals surface area contributed by atoms with Gasteiger partial charge >= 0.3 is 0 Å². The molecule has 132 valence electrons. The number of hydrogen-bond donors (Lipinski definition) is 0. The molecule has 1 aromatic heterocycles. The summed E-state index contributed by atoms with van der Waals surface area (Å²) in [4.78, 5) is 32.0. The fraction of sp³-hybridized carbons (Fsp3) is 0.722. The lowest BCUT2D eigenvalue weighted by Crippen LogP contribution is -2.50. The fourth-order valence-electron chi connectivity index (χ4n) is 3.88. The van der Waals surface area contributed by atoms with Crippen molar-refractivity contribution < 1.29 is 4.79 Å². The van der Waals surface area contributed by atoms with E-state index in [-0.39, 0.29) is 23.4 Å². The number of amides is 1. The third-order valence-corrected chi connectivity index (χ3v) is 6.28. The van der Waals surface area contributed by atoms with Crippen LogP contribution in [0.25, 0.3) is 0 Å². The minimum absolute atomic E-state index is 0.0150. The topological polar surface area (TPSA) is 55.2 Å². The molecule has 0 bridgehead atoms. The smallest absolute Gasteiger partial charge is 0.257 e. The van der Waals surface area contributed by atoms with E-state index in [1.165, 1.54) is 31.0 Å². The second-order valence-electron chi connectivity index (χ2n) is 7.28. The number of rotatable bonds is 3. The van der Waals surface area contributed by atoms with Crippen LogP contribution in [0.4, 0.5) is 0 Å². The Morgan fingerprint density at radius 1 is 1.33 bits per heavy atom. The van der Waals surface area contributed by atoms with Crippen LogP contribution in [0.15, 0.2) is 16.1 Å². The molecule has 1 unspecified atom stereocenters. The van der Waals surface area contributed by atoms with Crippen LogP contribution in [0.5, 0.6) is 0 Å². The van der Waals surface area contributed by atoms with Crippen molar-refractivity contribution in [1.29, 1.82) is 0 Å². The number of nitrogens with zero attached hydrogens (tertiary/aromatic N) is 3. The molecule has 3 rings (SSSR count). The van der Waals surface area contributed by atoms with Crippen molar-refractivity contribution in [3.63, 3.8) is 0 Å². The maximum Gasteiger partial charge on any atom is 0.257 e. The van der Waals surface area contributed by atoms with Gasteiger partial charge in [-0.3, -0.25) is 14.2 Å². The SMILES string of the molecule is Cc1cnc2n(c1=O)CC(C(=O)N(C(C)C)C1CCCCC1)CS2. The van der Waals surface area contributed by atoms with Gasteiger partial charge in [-0.2, -0.15) is 0 Å². The van der Waals surface area contributed by atoms with Crippen molar-refractivity contribution in [2.75, 3.05) is 5.75 Å². The molecular formula is C18H27N3O2S. The summed E-state index contributed by atoms with van der Waals surface area (Å²) >= 11 is 1.53. The summed E-state index contributed by atoms with van der Waals surface area (Å²) in [6, 6.07) is 0.573. The molecule has 6 heteroatoms. The van der Waals surface area contributed by atoms with Gasteiger partial charge in [0.2, 0.25) is 5.91 Å². The van der Waals surface area contributed by atoms with Crippen molar-refractivity contribution in [1.82, 2.24) is 14.5 Å². The van der Waals surface area contributed by atoms with Crippen molar-refractivity contribution in [2.24, 2.45) is 5.92 Å². The Bertz CT molecular complexity index is 665. The molecule has 1 aliphatic carbocycles.